The molecule has 1 aromatic carbocycles. The second kappa shape index (κ2) is 7.32. The van der Waals surface area contributed by atoms with Crippen molar-refractivity contribution in [1.82, 2.24) is 9.88 Å². The summed E-state index contributed by atoms with van der Waals surface area (Å²) in [6, 6.07) is 10.1. The summed E-state index contributed by atoms with van der Waals surface area (Å²) in [7, 11) is 0. The summed E-state index contributed by atoms with van der Waals surface area (Å²) in [6.07, 6.45) is 3.54. The molecule has 22 heavy (non-hydrogen) atoms. The first-order valence-corrected chi connectivity index (χ1v) is 6.93. The maximum Gasteiger partial charge on any atom is 0.254 e. The topological polar surface area (TPSA) is 57.0 Å². The summed E-state index contributed by atoms with van der Waals surface area (Å²) in [6.45, 7) is 2.27. The molecule has 0 unspecified atom stereocenters. The standard InChI is InChI=1S/C17H16FN3O/c1-13-5-6-15(10-16(13)18)17(22)21(9-3-7-19)12-14-4-2-8-20-11-14/h2,4-6,8,10-11H,3,9,12H2,1H3. The molecule has 0 saturated heterocycles. The number of carbonyl (C=O) groups excluding carboxylic acids is 1. The van der Waals surface area contributed by atoms with Gasteiger partial charge >= 0.3 is 0 Å². The van der Waals surface area contributed by atoms with Crippen LogP contribution < -0.4 is 0 Å². The van der Waals surface area contributed by atoms with Gasteiger partial charge in [-0.15, -0.1) is 0 Å². The Labute approximate surface area is 128 Å². The van der Waals surface area contributed by atoms with Crippen molar-refractivity contribution in [2.24, 2.45) is 0 Å². The van der Waals surface area contributed by atoms with Crippen LogP contribution in [-0.4, -0.2) is 22.3 Å². The molecule has 4 nitrogen and oxygen atoms in total. The third kappa shape index (κ3) is 3.89. The van der Waals surface area contributed by atoms with Gasteiger partial charge in [-0.2, -0.15) is 5.26 Å². The van der Waals surface area contributed by atoms with Gasteiger partial charge in [0.1, 0.15) is 5.82 Å². The lowest BCUT2D eigenvalue weighted by Crippen LogP contribution is -2.31. The lowest BCUT2D eigenvalue weighted by Gasteiger charge is -2.22. The Morgan fingerprint density at radius 1 is 1.41 bits per heavy atom. The number of amides is 1. The Bertz CT molecular complexity index is 695. The second-order valence-corrected chi connectivity index (χ2v) is 4.96. The Morgan fingerprint density at radius 3 is 2.86 bits per heavy atom. The number of hydrogen-bond donors (Lipinski definition) is 0. The van der Waals surface area contributed by atoms with Crippen molar-refractivity contribution in [2.75, 3.05) is 6.54 Å². The van der Waals surface area contributed by atoms with E-state index in [1.165, 1.54) is 11.0 Å². The quantitative estimate of drug-likeness (QED) is 0.852. The average Bonchev–Trinajstić information content (AvgIpc) is 2.54. The molecule has 1 aromatic heterocycles. The number of aryl methyl sites for hydroxylation is 1. The van der Waals surface area contributed by atoms with E-state index in [9.17, 15) is 9.18 Å². The summed E-state index contributed by atoms with van der Waals surface area (Å²) in [5, 5.41) is 8.75. The van der Waals surface area contributed by atoms with Crippen LogP contribution in [0.4, 0.5) is 4.39 Å². The van der Waals surface area contributed by atoms with E-state index in [2.05, 4.69) is 4.98 Å². The van der Waals surface area contributed by atoms with Gasteiger partial charge in [-0.3, -0.25) is 9.78 Å². The molecule has 0 saturated carbocycles. The van der Waals surface area contributed by atoms with E-state index in [0.29, 0.717) is 18.7 Å². The van der Waals surface area contributed by atoms with Crippen LogP contribution in [0.15, 0.2) is 42.7 Å². The minimum atomic E-state index is -0.410. The van der Waals surface area contributed by atoms with Crippen LogP contribution in [0.2, 0.25) is 0 Å². The summed E-state index contributed by atoms with van der Waals surface area (Å²) in [5.41, 5.74) is 1.64. The molecule has 0 spiro atoms. The molecule has 0 atom stereocenters. The van der Waals surface area contributed by atoms with Crippen LogP contribution in [0, 0.1) is 24.1 Å². The third-order valence-corrected chi connectivity index (χ3v) is 3.30. The van der Waals surface area contributed by atoms with E-state index in [1.807, 2.05) is 12.1 Å². The number of pyridine rings is 1. The zero-order valence-electron chi connectivity index (χ0n) is 12.3. The van der Waals surface area contributed by atoms with E-state index < -0.39 is 5.82 Å². The zero-order valence-corrected chi connectivity index (χ0v) is 12.3. The van der Waals surface area contributed by atoms with Gasteiger partial charge in [-0.05, 0) is 36.2 Å². The first kappa shape index (κ1) is 15.6. The van der Waals surface area contributed by atoms with Crippen LogP contribution in [0.5, 0.6) is 0 Å². The van der Waals surface area contributed by atoms with Gasteiger partial charge in [-0.25, -0.2) is 4.39 Å². The van der Waals surface area contributed by atoms with Crippen molar-refractivity contribution < 1.29 is 9.18 Å². The fourth-order valence-corrected chi connectivity index (χ4v) is 2.06. The number of rotatable bonds is 5. The number of benzene rings is 1. The zero-order chi connectivity index (χ0) is 15.9. The smallest absolute Gasteiger partial charge is 0.254 e. The first-order chi connectivity index (χ1) is 10.6. The summed E-state index contributed by atoms with van der Waals surface area (Å²) >= 11 is 0. The predicted molar refractivity (Wildman–Crippen MR) is 80.3 cm³/mol. The van der Waals surface area contributed by atoms with Crippen LogP contribution in [0.25, 0.3) is 0 Å². The fraction of sp³-hybridized carbons (Fsp3) is 0.235. The van der Waals surface area contributed by atoms with Crippen molar-refractivity contribution in [3.63, 3.8) is 0 Å². The first-order valence-electron chi connectivity index (χ1n) is 6.93. The SMILES string of the molecule is Cc1ccc(C(=O)N(CCC#N)Cc2cccnc2)cc1F. The van der Waals surface area contributed by atoms with Gasteiger partial charge in [0.25, 0.3) is 5.91 Å². The molecule has 0 aliphatic rings. The Morgan fingerprint density at radius 2 is 2.23 bits per heavy atom. The van der Waals surface area contributed by atoms with E-state index in [0.717, 1.165) is 5.56 Å². The highest BCUT2D eigenvalue weighted by molar-refractivity contribution is 5.94. The summed E-state index contributed by atoms with van der Waals surface area (Å²) in [4.78, 5) is 18.1. The minimum Gasteiger partial charge on any atom is -0.333 e. The van der Waals surface area contributed by atoms with Gasteiger partial charge in [0.2, 0.25) is 0 Å². The monoisotopic (exact) mass is 297 g/mol. The molecule has 0 fully saturated rings. The Kier molecular flexibility index (Phi) is 5.21. The van der Waals surface area contributed by atoms with Crippen molar-refractivity contribution in [3.05, 3.63) is 65.2 Å². The highest BCUT2D eigenvalue weighted by atomic mass is 19.1. The molecule has 1 heterocycles. The molecule has 5 heteroatoms. The molecule has 2 aromatic rings. The number of hydrogen-bond acceptors (Lipinski definition) is 3. The van der Waals surface area contributed by atoms with Crippen LogP contribution in [0.3, 0.4) is 0 Å². The number of nitriles is 1. The van der Waals surface area contributed by atoms with Crippen molar-refractivity contribution >= 4 is 5.91 Å². The van der Waals surface area contributed by atoms with Crippen molar-refractivity contribution in [2.45, 2.75) is 19.9 Å². The van der Waals surface area contributed by atoms with E-state index >= 15 is 0 Å². The van der Waals surface area contributed by atoms with Gasteiger partial charge in [0.15, 0.2) is 0 Å². The molecule has 0 aliphatic heterocycles. The van der Waals surface area contributed by atoms with Crippen LogP contribution in [0.1, 0.15) is 27.9 Å². The molecule has 0 aliphatic carbocycles. The molecule has 112 valence electrons. The molecular weight excluding hydrogens is 281 g/mol. The second-order valence-electron chi connectivity index (χ2n) is 4.96. The maximum atomic E-state index is 13.6. The van der Waals surface area contributed by atoms with E-state index in [-0.39, 0.29) is 17.9 Å². The molecule has 0 N–H and O–H groups in total. The Hall–Kier alpha value is -2.74. The number of carbonyl (C=O) groups is 1. The maximum absolute atomic E-state index is 13.6. The fourth-order valence-electron chi connectivity index (χ4n) is 2.06. The summed E-state index contributed by atoms with van der Waals surface area (Å²) in [5.74, 6) is -0.703. The normalized spacial score (nSPS) is 10.0. The van der Waals surface area contributed by atoms with Crippen LogP contribution >= 0.6 is 0 Å². The number of halogens is 1. The molecule has 0 bridgehead atoms. The van der Waals surface area contributed by atoms with Gasteiger partial charge < -0.3 is 4.90 Å². The van der Waals surface area contributed by atoms with Crippen molar-refractivity contribution in [3.8, 4) is 6.07 Å². The van der Waals surface area contributed by atoms with Crippen molar-refractivity contribution in [1.29, 1.82) is 5.26 Å². The molecule has 1 amide bonds. The van der Waals surface area contributed by atoms with E-state index in [4.69, 9.17) is 5.26 Å². The molecular formula is C17H16FN3O. The van der Waals surface area contributed by atoms with Crippen LogP contribution in [-0.2, 0) is 6.54 Å². The lowest BCUT2D eigenvalue weighted by atomic mass is 10.1. The van der Waals surface area contributed by atoms with Gasteiger partial charge in [0.05, 0.1) is 12.5 Å². The average molecular weight is 297 g/mol. The van der Waals surface area contributed by atoms with E-state index in [1.54, 1.807) is 37.5 Å². The molecule has 0 radical (unpaired) electrons. The lowest BCUT2D eigenvalue weighted by molar-refractivity contribution is 0.0746. The molecule has 2 rings (SSSR count). The highest BCUT2D eigenvalue weighted by Gasteiger charge is 2.17. The number of aromatic nitrogens is 1. The predicted octanol–water partition coefficient (Wildman–Crippen LogP) is 3.09. The summed E-state index contributed by atoms with van der Waals surface area (Å²) < 4.78 is 13.6. The van der Waals surface area contributed by atoms with Gasteiger partial charge in [0, 0.05) is 31.0 Å². The largest absolute Gasteiger partial charge is 0.333 e. The number of nitrogens with zero attached hydrogens (tertiary/aromatic N) is 3. The Balaban J connectivity index is 2.22. The van der Waals surface area contributed by atoms with Gasteiger partial charge in [-0.1, -0.05) is 12.1 Å². The minimum absolute atomic E-state index is 0.223. The highest BCUT2D eigenvalue weighted by Crippen LogP contribution is 2.14. The third-order valence-electron chi connectivity index (χ3n) is 3.30.